The molecule has 6 nitrogen and oxygen atoms in total. The van der Waals surface area contributed by atoms with Gasteiger partial charge in [-0.05, 0) is 55.8 Å². The highest BCUT2D eigenvalue weighted by Gasteiger charge is 2.29. The molecule has 0 bridgehead atoms. The molecule has 3 N–H and O–H groups in total. The second-order valence-corrected chi connectivity index (χ2v) is 7.95. The lowest BCUT2D eigenvalue weighted by Crippen LogP contribution is -2.28. The van der Waals surface area contributed by atoms with Crippen LogP contribution in [0.5, 0.6) is 11.5 Å². The smallest absolute Gasteiger partial charge is 0.252 e. The molecule has 3 heterocycles. The molecule has 7 heteroatoms. The molecule has 0 radical (unpaired) electrons. The van der Waals surface area contributed by atoms with Crippen LogP contribution in [0.1, 0.15) is 40.7 Å². The zero-order chi connectivity index (χ0) is 20.0. The number of carbonyl (C=O) groups is 1. The van der Waals surface area contributed by atoms with Gasteiger partial charge in [0.25, 0.3) is 5.91 Å². The molecule has 3 aromatic rings. The lowest BCUT2D eigenvalue weighted by atomic mass is 9.98. The number of methoxy groups -OCH3 is 1. The van der Waals surface area contributed by atoms with Gasteiger partial charge in [0.2, 0.25) is 0 Å². The third-order valence-corrected chi connectivity index (χ3v) is 6.07. The molecule has 1 fully saturated rings. The van der Waals surface area contributed by atoms with Gasteiger partial charge < -0.3 is 20.1 Å². The summed E-state index contributed by atoms with van der Waals surface area (Å²) < 4.78 is 5.34. The topological polar surface area (TPSA) is 77.6 Å². The number of nitrogens with one attached hydrogen (secondary N) is 2. The third kappa shape index (κ3) is 3.50. The van der Waals surface area contributed by atoms with E-state index in [0.29, 0.717) is 23.4 Å². The summed E-state index contributed by atoms with van der Waals surface area (Å²) in [6, 6.07) is 10.3. The van der Waals surface area contributed by atoms with Gasteiger partial charge in [-0.2, -0.15) is 0 Å². The van der Waals surface area contributed by atoms with Crippen LogP contribution in [0.3, 0.4) is 0 Å². The molecule has 2 aromatic carbocycles. The summed E-state index contributed by atoms with van der Waals surface area (Å²) in [6.07, 6.45) is 3.91. The number of aromatic amines is 1. The molecule has 0 unspecified atom stereocenters. The Bertz CT molecular complexity index is 1100. The predicted molar refractivity (Wildman–Crippen MR) is 119 cm³/mol. The fraction of sp³-hybridized carbons (Fsp3) is 0.348. The number of phenolic OH excluding ortho intramolecular Hbond substituents is 1. The molecular formula is C23H26ClN3O3. The van der Waals surface area contributed by atoms with E-state index in [9.17, 15) is 9.90 Å². The minimum Gasteiger partial charge on any atom is -0.504 e. The molecule has 2 aliphatic heterocycles. The molecule has 0 atom stereocenters. The van der Waals surface area contributed by atoms with Crippen molar-refractivity contribution < 1.29 is 14.6 Å². The first-order chi connectivity index (χ1) is 14.1. The van der Waals surface area contributed by atoms with Crippen LogP contribution in [-0.4, -0.2) is 41.1 Å². The summed E-state index contributed by atoms with van der Waals surface area (Å²) in [6.45, 7) is 3.63. The minimum absolute atomic E-state index is 0. The van der Waals surface area contributed by atoms with Crippen LogP contribution in [0.25, 0.3) is 22.2 Å². The van der Waals surface area contributed by atoms with E-state index in [4.69, 9.17) is 4.74 Å². The Hall–Kier alpha value is -2.70. The van der Waals surface area contributed by atoms with Crippen LogP contribution < -0.4 is 10.1 Å². The third-order valence-electron chi connectivity index (χ3n) is 6.07. The molecule has 0 saturated carbocycles. The number of hydrogen-bond acceptors (Lipinski definition) is 4. The van der Waals surface area contributed by atoms with Crippen LogP contribution in [0.15, 0.2) is 30.3 Å². The first kappa shape index (κ1) is 20.6. The second-order valence-electron chi connectivity index (χ2n) is 7.95. The van der Waals surface area contributed by atoms with E-state index in [2.05, 4.69) is 39.5 Å². The van der Waals surface area contributed by atoms with Crippen molar-refractivity contribution in [2.24, 2.45) is 0 Å². The Kier molecular flexibility index (Phi) is 5.62. The summed E-state index contributed by atoms with van der Waals surface area (Å²) in [4.78, 5) is 18.4. The van der Waals surface area contributed by atoms with Crippen LogP contribution in [0, 0.1) is 0 Å². The number of H-pyrrole nitrogens is 1. The number of fused-ring (bicyclic) bond motifs is 2. The van der Waals surface area contributed by atoms with Gasteiger partial charge in [-0.15, -0.1) is 12.4 Å². The average molecular weight is 428 g/mol. The lowest BCUT2D eigenvalue weighted by Gasteiger charge is -2.26. The number of aromatic hydroxyl groups is 1. The summed E-state index contributed by atoms with van der Waals surface area (Å²) in [5, 5.41) is 14.3. The molecule has 0 spiro atoms. The highest BCUT2D eigenvalue weighted by molar-refractivity contribution is 6.06. The van der Waals surface area contributed by atoms with Crippen molar-refractivity contribution >= 4 is 29.2 Å². The standard InChI is InChI=1S/C23H25N3O3.ClH/c1-29-20-11-16(21-17(22(20)27)12-24-23(21)28)19-10-15-9-14(5-6-18(15)25-19)13-26-7-3-2-4-8-26;/h5-6,9-11,25,27H,2-4,7-8,12-13H2,1H3,(H,24,28);1H. The Morgan fingerprint density at radius 2 is 1.93 bits per heavy atom. The highest BCUT2D eigenvalue weighted by atomic mass is 35.5. The number of rotatable bonds is 4. The quantitative estimate of drug-likeness (QED) is 0.583. The van der Waals surface area contributed by atoms with Gasteiger partial charge in [0.1, 0.15) is 0 Å². The number of amides is 1. The number of benzene rings is 2. The maximum Gasteiger partial charge on any atom is 0.252 e. The van der Waals surface area contributed by atoms with Crippen molar-refractivity contribution in [3.63, 3.8) is 0 Å². The van der Waals surface area contributed by atoms with Crippen LogP contribution in [0.4, 0.5) is 0 Å². The van der Waals surface area contributed by atoms with Gasteiger partial charge in [-0.25, -0.2) is 0 Å². The van der Waals surface area contributed by atoms with Crippen molar-refractivity contribution in [1.29, 1.82) is 0 Å². The lowest BCUT2D eigenvalue weighted by molar-refractivity contribution is 0.0966. The van der Waals surface area contributed by atoms with Crippen LogP contribution in [-0.2, 0) is 13.1 Å². The molecule has 1 amide bonds. The zero-order valence-electron chi connectivity index (χ0n) is 17.0. The number of ether oxygens (including phenoxy) is 1. The predicted octanol–water partition coefficient (Wildman–Crippen LogP) is 4.20. The van der Waals surface area contributed by atoms with Crippen LogP contribution in [0.2, 0.25) is 0 Å². The van der Waals surface area contributed by atoms with Gasteiger partial charge in [-0.3, -0.25) is 9.69 Å². The number of phenols is 1. The summed E-state index contributed by atoms with van der Waals surface area (Å²) in [5.41, 5.74) is 5.04. The van der Waals surface area contributed by atoms with E-state index in [1.54, 1.807) is 6.07 Å². The van der Waals surface area contributed by atoms with E-state index in [0.717, 1.165) is 28.7 Å². The van der Waals surface area contributed by atoms with Gasteiger partial charge in [-0.1, -0.05) is 12.5 Å². The van der Waals surface area contributed by atoms with E-state index >= 15 is 0 Å². The number of nitrogens with zero attached hydrogens (tertiary/aromatic N) is 1. The Balaban J connectivity index is 0.00000218. The zero-order valence-corrected chi connectivity index (χ0v) is 17.8. The summed E-state index contributed by atoms with van der Waals surface area (Å²) in [5.74, 6) is 0.238. The maximum absolute atomic E-state index is 12.4. The van der Waals surface area contributed by atoms with Crippen molar-refractivity contribution in [2.75, 3.05) is 20.2 Å². The number of halogens is 1. The molecule has 5 rings (SSSR count). The van der Waals surface area contributed by atoms with Crippen molar-refractivity contribution in [2.45, 2.75) is 32.4 Å². The molecule has 1 aromatic heterocycles. The number of hydrogen-bond donors (Lipinski definition) is 3. The Morgan fingerprint density at radius 3 is 2.70 bits per heavy atom. The molecule has 0 aliphatic carbocycles. The van der Waals surface area contributed by atoms with Gasteiger partial charge >= 0.3 is 0 Å². The average Bonchev–Trinajstić information content (AvgIpc) is 3.33. The minimum atomic E-state index is -0.169. The number of carbonyl (C=O) groups excluding carboxylic acids is 1. The largest absolute Gasteiger partial charge is 0.504 e. The summed E-state index contributed by atoms with van der Waals surface area (Å²) in [7, 11) is 1.52. The summed E-state index contributed by atoms with van der Waals surface area (Å²) >= 11 is 0. The first-order valence-corrected chi connectivity index (χ1v) is 10.2. The van der Waals surface area contributed by atoms with E-state index in [1.165, 1.54) is 45.0 Å². The Labute approximate surface area is 181 Å². The van der Waals surface area contributed by atoms with Gasteiger partial charge in [0, 0.05) is 40.8 Å². The van der Waals surface area contributed by atoms with Crippen molar-refractivity contribution in [3.8, 4) is 22.8 Å². The number of aromatic nitrogens is 1. The SMILES string of the molecule is COc1cc(-c2cc3cc(CN4CCCCC4)ccc3[nH]2)c2c(c1O)CNC2=O.Cl. The molecule has 2 aliphatic rings. The number of piperidine rings is 1. The van der Waals surface area contributed by atoms with E-state index in [1.807, 2.05) is 0 Å². The van der Waals surface area contributed by atoms with Crippen LogP contribution >= 0.6 is 12.4 Å². The fourth-order valence-electron chi connectivity index (χ4n) is 4.56. The van der Waals surface area contributed by atoms with E-state index in [-0.39, 0.29) is 24.1 Å². The molecule has 1 saturated heterocycles. The second kappa shape index (κ2) is 8.20. The van der Waals surface area contributed by atoms with Crippen molar-refractivity contribution in [3.05, 3.63) is 47.0 Å². The molecule has 30 heavy (non-hydrogen) atoms. The molecular weight excluding hydrogens is 402 g/mol. The fourth-order valence-corrected chi connectivity index (χ4v) is 4.56. The Morgan fingerprint density at radius 1 is 1.13 bits per heavy atom. The maximum atomic E-state index is 12.4. The highest BCUT2D eigenvalue weighted by Crippen LogP contribution is 2.41. The number of likely N-dealkylation sites (tertiary alicyclic amines) is 1. The first-order valence-electron chi connectivity index (χ1n) is 10.2. The van der Waals surface area contributed by atoms with Gasteiger partial charge in [0.15, 0.2) is 11.5 Å². The monoisotopic (exact) mass is 427 g/mol. The van der Waals surface area contributed by atoms with Crippen molar-refractivity contribution in [1.82, 2.24) is 15.2 Å². The normalized spacial score (nSPS) is 16.2. The van der Waals surface area contributed by atoms with Gasteiger partial charge in [0.05, 0.1) is 12.7 Å². The van der Waals surface area contributed by atoms with E-state index < -0.39 is 0 Å². The molecule has 158 valence electrons.